The molecule has 0 aliphatic carbocycles. The second-order valence-corrected chi connectivity index (χ2v) is 7.54. The Kier molecular flexibility index (Phi) is 7.31. The first-order valence-corrected chi connectivity index (χ1v) is 8.78. The number of aliphatic carboxylic acids is 2. The summed E-state index contributed by atoms with van der Waals surface area (Å²) in [6, 6.07) is -1.55. The van der Waals surface area contributed by atoms with E-state index in [0.717, 1.165) is 4.31 Å². The zero-order valence-corrected chi connectivity index (χ0v) is 14.1. The average Bonchev–Trinajstić information content (AvgIpc) is 2.84. The van der Waals surface area contributed by atoms with Crippen LogP contribution in [0.15, 0.2) is 0 Å². The molecular weight excluding hydrogens is 361 g/mol. The van der Waals surface area contributed by atoms with E-state index in [4.69, 9.17) is 26.6 Å². The monoisotopic (exact) mass is 383 g/mol. The van der Waals surface area contributed by atoms with Gasteiger partial charge in [-0.1, -0.05) is 6.42 Å². The van der Waals surface area contributed by atoms with Crippen LogP contribution in [0, 0.1) is 5.92 Å². The first-order chi connectivity index (χ1) is 11.4. The molecule has 14 heteroatoms. The molecule has 0 aromatic rings. The van der Waals surface area contributed by atoms with Gasteiger partial charge in [-0.3, -0.25) is 13.8 Å². The second-order valence-electron chi connectivity index (χ2n) is 5.93. The highest BCUT2D eigenvalue weighted by Gasteiger charge is 2.52. The molecule has 1 aliphatic rings. The molecule has 144 valence electrons. The van der Waals surface area contributed by atoms with Gasteiger partial charge < -0.3 is 31.7 Å². The molecule has 1 saturated heterocycles. The third-order valence-corrected chi connectivity index (χ3v) is 5.38. The minimum absolute atomic E-state index is 0.0110. The zero-order chi connectivity index (χ0) is 19.4. The molecule has 0 spiro atoms. The summed E-state index contributed by atoms with van der Waals surface area (Å²) < 4.78 is 29.5. The number of hydrogen-bond acceptors (Lipinski definition) is 9. The quantitative estimate of drug-likeness (QED) is 0.205. The largest absolute Gasteiger partial charge is 0.480 e. The van der Waals surface area contributed by atoms with Gasteiger partial charge in [-0.2, -0.15) is 12.7 Å². The number of carboxylic acid groups (broad SMARTS) is 2. The van der Waals surface area contributed by atoms with Gasteiger partial charge in [-0.25, -0.2) is 0 Å². The molecule has 3 atom stereocenters. The number of carboxylic acids is 2. The van der Waals surface area contributed by atoms with Gasteiger partial charge in [0.2, 0.25) is 0 Å². The van der Waals surface area contributed by atoms with E-state index < -0.39 is 60.0 Å². The molecule has 0 amide bonds. The summed E-state index contributed by atoms with van der Waals surface area (Å²) in [4.78, 5) is 22.1. The molecule has 12 nitrogen and oxygen atoms in total. The predicted molar refractivity (Wildman–Crippen MR) is 84.3 cm³/mol. The van der Waals surface area contributed by atoms with Crippen molar-refractivity contribution >= 4 is 29.4 Å². The summed E-state index contributed by atoms with van der Waals surface area (Å²) >= 11 is 0. The third-order valence-electron chi connectivity index (χ3n) is 4.03. The fourth-order valence-electron chi connectivity index (χ4n) is 2.51. The molecule has 0 radical (unpaired) electrons. The Bertz CT molecular complexity index is 602. The molecule has 0 aromatic heterocycles. The van der Waals surface area contributed by atoms with Crippen molar-refractivity contribution in [3.63, 3.8) is 0 Å². The van der Waals surface area contributed by atoms with E-state index in [2.05, 4.69) is 4.18 Å². The van der Waals surface area contributed by atoms with Crippen LogP contribution < -0.4 is 11.5 Å². The Balaban J connectivity index is 2.81. The first kappa shape index (κ1) is 21.8. The lowest BCUT2D eigenvalue weighted by Gasteiger charge is -2.25. The molecule has 0 unspecified atom stereocenters. The van der Waals surface area contributed by atoms with E-state index >= 15 is 0 Å². The van der Waals surface area contributed by atoms with Crippen LogP contribution in [0.1, 0.15) is 12.8 Å². The van der Waals surface area contributed by atoms with Gasteiger partial charge in [0.15, 0.2) is 0 Å². The van der Waals surface area contributed by atoms with E-state index in [9.17, 15) is 23.1 Å². The van der Waals surface area contributed by atoms with E-state index in [-0.39, 0.29) is 25.7 Å². The Labute approximate surface area is 144 Å². The van der Waals surface area contributed by atoms with Gasteiger partial charge in [-0.15, -0.1) is 0 Å². The molecule has 0 saturated carbocycles. The minimum Gasteiger partial charge on any atom is -0.480 e. The zero-order valence-electron chi connectivity index (χ0n) is 13.3. The topological polar surface area (TPSA) is 214 Å². The maximum absolute atomic E-state index is 12.1. The maximum Gasteiger partial charge on any atom is 0.451 e. The summed E-state index contributed by atoms with van der Waals surface area (Å²) in [6.45, 7) is -1.62. The molecule has 8 N–H and O–H groups in total. The van der Waals surface area contributed by atoms with Crippen molar-refractivity contribution in [3.8, 4) is 0 Å². The van der Waals surface area contributed by atoms with E-state index in [1.54, 1.807) is 0 Å². The van der Waals surface area contributed by atoms with Gasteiger partial charge in [0.1, 0.15) is 11.6 Å². The normalized spacial score (nSPS) is 25.7. The Morgan fingerprint density at radius 3 is 2.44 bits per heavy atom. The second kappa shape index (κ2) is 8.40. The lowest BCUT2D eigenvalue weighted by molar-refractivity contribution is -0.144. The molecule has 1 fully saturated rings. The molecular formula is C11H22BN3O9S. The number of nitrogens with two attached hydrogens (primary N) is 2. The summed E-state index contributed by atoms with van der Waals surface area (Å²) in [5.74, 6) is -3.63. The van der Waals surface area contributed by atoms with Crippen molar-refractivity contribution in [2.75, 3.05) is 19.7 Å². The van der Waals surface area contributed by atoms with Crippen LogP contribution in [-0.2, 0) is 24.1 Å². The van der Waals surface area contributed by atoms with Crippen LogP contribution in [0.5, 0.6) is 0 Å². The third kappa shape index (κ3) is 5.60. The van der Waals surface area contributed by atoms with E-state index in [1.165, 1.54) is 0 Å². The summed E-state index contributed by atoms with van der Waals surface area (Å²) in [5, 5.41) is 35.6. The number of hydrogen-bond donors (Lipinski definition) is 6. The van der Waals surface area contributed by atoms with Crippen LogP contribution in [0.25, 0.3) is 0 Å². The number of rotatable bonds is 10. The van der Waals surface area contributed by atoms with Crippen molar-refractivity contribution in [1.82, 2.24) is 4.31 Å². The minimum atomic E-state index is -4.42. The fraction of sp³-hybridized carbons (Fsp3) is 0.818. The van der Waals surface area contributed by atoms with E-state index in [1.807, 2.05) is 0 Å². The summed E-state index contributed by atoms with van der Waals surface area (Å²) in [7, 11) is -5.98. The van der Waals surface area contributed by atoms with Gasteiger partial charge >= 0.3 is 29.4 Å². The van der Waals surface area contributed by atoms with Crippen molar-refractivity contribution in [2.45, 2.75) is 30.7 Å². The number of nitrogens with zero attached hydrogens (tertiary/aromatic N) is 1. The Hall–Kier alpha value is -1.29. The van der Waals surface area contributed by atoms with Crippen LogP contribution >= 0.6 is 0 Å². The molecule has 1 heterocycles. The molecule has 25 heavy (non-hydrogen) atoms. The van der Waals surface area contributed by atoms with Crippen LogP contribution in [0.3, 0.4) is 0 Å². The lowest BCUT2D eigenvalue weighted by atomic mass is 9.78. The highest BCUT2D eigenvalue weighted by Crippen LogP contribution is 2.32. The molecule has 0 aromatic carbocycles. The van der Waals surface area contributed by atoms with Crippen LogP contribution in [-0.4, -0.2) is 83.3 Å². The maximum atomic E-state index is 12.1. The summed E-state index contributed by atoms with van der Waals surface area (Å²) in [6.07, 6.45) is 0.372. The van der Waals surface area contributed by atoms with Gasteiger partial charge in [0.05, 0.1) is 6.61 Å². The molecule has 1 aliphatic heterocycles. The highest BCUT2D eigenvalue weighted by molar-refractivity contribution is 7.84. The molecule has 1 rings (SSSR count). The van der Waals surface area contributed by atoms with Gasteiger partial charge in [0.25, 0.3) is 0 Å². The standard InChI is InChI=1S/C11H22BN3O9S/c13-8(9(16)17)5-24-25(22,23)15-4-7(2-1-3-12(20)21)11(14,6-15)10(18)19/h7-8,20-21H,1-6,13-14H2,(H,16,17)(H,18,19)/t7-,8-,11-/m0/s1. The number of carbonyl (C=O) groups is 2. The van der Waals surface area contributed by atoms with Crippen LogP contribution in [0.4, 0.5) is 0 Å². The highest BCUT2D eigenvalue weighted by atomic mass is 32.2. The lowest BCUT2D eigenvalue weighted by Crippen LogP contribution is -2.55. The Morgan fingerprint density at radius 2 is 1.96 bits per heavy atom. The van der Waals surface area contributed by atoms with Crippen molar-refractivity contribution in [2.24, 2.45) is 17.4 Å². The fourth-order valence-corrected chi connectivity index (χ4v) is 3.71. The van der Waals surface area contributed by atoms with E-state index in [0.29, 0.717) is 0 Å². The smallest absolute Gasteiger partial charge is 0.451 e. The van der Waals surface area contributed by atoms with Crippen LogP contribution in [0.2, 0.25) is 6.32 Å². The van der Waals surface area contributed by atoms with Crippen molar-refractivity contribution < 1.29 is 42.5 Å². The SMILES string of the molecule is N[C@@H](COS(=O)(=O)N1C[C@H](CCCB(O)O)[C@](N)(C(=O)O)C1)C(=O)O. The van der Waals surface area contributed by atoms with Crippen molar-refractivity contribution in [3.05, 3.63) is 0 Å². The van der Waals surface area contributed by atoms with Gasteiger partial charge in [0, 0.05) is 19.0 Å². The average molecular weight is 383 g/mol. The molecule has 0 bridgehead atoms. The van der Waals surface area contributed by atoms with Gasteiger partial charge in [-0.05, 0) is 12.7 Å². The predicted octanol–water partition coefficient (Wildman–Crippen LogP) is -3.37. The van der Waals surface area contributed by atoms with Crippen molar-refractivity contribution in [1.29, 1.82) is 0 Å². The Morgan fingerprint density at radius 1 is 1.36 bits per heavy atom. The summed E-state index contributed by atoms with van der Waals surface area (Å²) in [5.41, 5.74) is 9.15. The first-order valence-electron chi connectivity index (χ1n) is 7.41.